The van der Waals surface area contributed by atoms with Crippen molar-refractivity contribution in [1.29, 1.82) is 0 Å². The van der Waals surface area contributed by atoms with E-state index in [4.69, 9.17) is 0 Å². The second-order valence-electron chi connectivity index (χ2n) is 6.91. The molecule has 0 bridgehead atoms. The van der Waals surface area contributed by atoms with Crippen molar-refractivity contribution in [1.82, 2.24) is 16.0 Å². The molecule has 0 aliphatic rings. The van der Waals surface area contributed by atoms with Gasteiger partial charge in [-0.25, -0.2) is 4.79 Å². The fourth-order valence-corrected chi connectivity index (χ4v) is 2.73. The minimum absolute atomic E-state index is 0.0129. The van der Waals surface area contributed by atoms with Crippen molar-refractivity contribution in [2.45, 2.75) is 57.7 Å². The monoisotopic (exact) mass is 423 g/mol. The molecule has 0 saturated carbocycles. The lowest BCUT2D eigenvalue weighted by Gasteiger charge is -2.23. The highest BCUT2D eigenvalue weighted by Gasteiger charge is 2.28. The third-order valence-electron chi connectivity index (χ3n) is 4.35. The van der Waals surface area contributed by atoms with Crippen LogP contribution in [0.5, 0.6) is 5.75 Å². The van der Waals surface area contributed by atoms with Crippen LogP contribution >= 0.6 is 0 Å². The Hall–Kier alpha value is -3.14. The summed E-state index contributed by atoms with van der Waals surface area (Å²) in [6.07, 6.45) is 1.58. The standard InChI is InChI=1S/C20H29N3O7/c1-3-4-5-15(22-19(28)17(11-24)21-12(2)25)18(27)23-16(20(29)30)10-13-6-8-14(26)9-7-13/h6-9,15-17,24,26H,3-5,10-11H2,1-2H3,(H,21,25)(H,22,28)(H,23,27)(H,29,30)/t15?,16-,17+/m0/s1. The van der Waals surface area contributed by atoms with Gasteiger partial charge in [-0.05, 0) is 24.1 Å². The number of unbranched alkanes of at least 4 members (excludes halogenated alkanes) is 1. The summed E-state index contributed by atoms with van der Waals surface area (Å²) < 4.78 is 0. The maximum absolute atomic E-state index is 12.7. The van der Waals surface area contributed by atoms with Crippen LogP contribution < -0.4 is 16.0 Å². The van der Waals surface area contributed by atoms with Gasteiger partial charge in [-0.1, -0.05) is 31.9 Å². The van der Waals surface area contributed by atoms with E-state index in [9.17, 15) is 34.5 Å². The first-order valence-corrected chi connectivity index (χ1v) is 9.67. The number of amides is 3. The Morgan fingerprint density at radius 2 is 1.50 bits per heavy atom. The minimum Gasteiger partial charge on any atom is -0.508 e. The van der Waals surface area contributed by atoms with Gasteiger partial charge in [0.2, 0.25) is 17.7 Å². The number of aliphatic hydroxyl groups excluding tert-OH is 1. The number of rotatable bonds is 12. The number of aliphatic hydroxyl groups is 1. The number of phenols is 1. The molecule has 3 atom stereocenters. The Morgan fingerprint density at radius 3 is 2.00 bits per heavy atom. The molecule has 0 aromatic heterocycles. The molecule has 1 rings (SSSR count). The molecular formula is C20H29N3O7. The molecule has 0 saturated heterocycles. The van der Waals surface area contributed by atoms with Crippen molar-refractivity contribution in [2.75, 3.05) is 6.61 Å². The van der Waals surface area contributed by atoms with Crippen molar-refractivity contribution in [3.05, 3.63) is 29.8 Å². The van der Waals surface area contributed by atoms with Crippen LogP contribution in [0.1, 0.15) is 38.7 Å². The number of carbonyl (C=O) groups excluding carboxylic acids is 3. The van der Waals surface area contributed by atoms with Crippen LogP contribution in [0.4, 0.5) is 0 Å². The zero-order valence-corrected chi connectivity index (χ0v) is 17.1. The van der Waals surface area contributed by atoms with Crippen molar-refractivity contribution in [2.24, 2.45) is 0 Å². The van der Waals surface area contributed by atoms with E-state index in [0.717, 1.165) is 6.42 Å². The number of carboxylic acid groups (broad SMARTS) is 1. The molecule has 3 amide bonds. The number of nitrogens with one attached hydrogen (secondary N) is 3. The van der Waals surface area contributed by atoms with Gasteiger partial charge in [0.05, 0.1) is 6.61 Å². The highest BCUT2D eigenvalue weighted by atomic mass is 16.4. The maximum Gasteiger partial charge on any atom is 0.326 e. The van der Waals surface area contributed by atoms with Crippen LogP contribution in [-0.2, 0) is 25.6 Å². The minimum atomic E-state index is -1.25. The summed E-state index contributed by atoms with van der Waals surface area (Å²) in [6, 6.07) is 2.44. The number of phenolic OH excluding ortho intramolecular Hbond substituents is 1. The predicted molar refractivity (Wildman–Crippen MR) is 108 cm³/mol. The molecule has 0 aliphatic heterocycles. The van der Waals surface area contributed by atoms with Gasteiger partial charge in [0.15, 0.2) is 0 Å². The summed E-state index contributed by atoms with van der Waals surface area (Å²) in [5.41, 5.74) is 0.598. The van der Waals surface area contributed by atoms with E-state index in [-0.39, 0.29) is 18.6 Å². The van der Waals surface area contributed by atoms with Gasteiger partial charge in [0.1, 0.15) is 23.9 Å². The summed E-state index contributed by atoms with van der Waals surface area (Å²) >= 11 is 0. The van der Waals surface area contributed by atoms with Crippen LogP contribution in [0.15, 0.2) is 24.3 Å². The Labute approximate surface area is 174 Å². The zero-order valence-electron chi connectivity index (χ0n) is 17.1. The Balaban J connectivity index is 2.88. The highest BCUT2D eigenvalue weighted by Crippen LogP contribution is 2.12. The second kappa shape index (κ2) is 12.4. The van der Waals surface area contributed by atoms with Gasteiger partial charge in [-0.2, -0.15) is 0 Å². The molecule has 1 aromatic carbocycles. The van der Waals surface area contributed by atoms with E-state index in [1.807, 2.05) is 6.92 Å². The summed E-state index contributed by atoms with van der Waals surface area (Å²) in [6.45, 7) is 2.44. The molecule has 0 fully saturated rings. The molecular weight excluding hydrogens is 394 g/mol. The van der Waals surface area contributed by atoms with Crippen molar-refractivity contribution < 1.29 is 34.5 Å². The Morgan fingerprint density at radius 1 is 0.933 bits per heavy atom. The summed E-state index contributed by atoms with van der Waals surface area (Å²) in [7, 11) is 0. The quantitative estimate of drug-likeness (QED) is 0.268. The lowest BCUT2D eigenvalue weighted by Crippen LogP contribution is -2.56. The molecule has 10 heteroatoms. The zero-order chi connectivity index (χ0) is 22.7. The number of aliphatic carboxylic acids is 1. The molecule has 1 aromatic rings. The SMILES string of the molecule is CCCCC(NC(=O)[C@@H](CO)NC(C)=O)C(=O)N[C@@H](Cc1ccc(O)cc1)C(=O)O. The molecule has 1 unspecified atom stereocenters. The topological polar surface area (TPSA) is 165 Å². The summed E-state index contributed by atoms with van der Waals surface area (Å²) in [5, 5.41) is 35.3. The number of carboxylic acids is 1. The number of aromatic hydroxyl groups is 1. The van der Waals surface area contributed by atoms with Gasteiger partial charge in [-0.3, -0.25) is 14.4 Å². The molecule has 0 aliphatic carbocycles. The molecule has 30 heavy (non-hydrogen) atoms. The second-order valence-corrected chi connectivity index (χ2v) is 6.91. The van der Waals surface area contributed by atoms with Crippen molar-refractivity contribution in [3.63, 3.8) is 0 Å². The predicted octanol–water partition coefficient (Wildman–Crippen LogP) is -0.324. The number of benzene rings is 1. The number of hydrogen-bond donors (Lipinski definition) is 6. The van der Waals surface area contributed by atoms with Gasteiger partial charge < -0.3 is 31.3 Å². The first kappa shape index (κ1) is 24.9. The normalized spacial score (nSPS) is 13.6. The third kappa shape index (κ3) is 8.48. The third-order valence-corrected chi connectivity index (χ3v) is 4.35. The first-order valence-electron chi connectivity index (χ1n) is 9.67. The Kier molecular flexibility index (Phi) is 10.3. The fraction of sp³-hybridized carbons (Fsp3) is 0.500. The lowest BCUT2D eigenvalue weighted by atomic mass is 10.0. The van der Waals surface area contributed by atoms with E-state index < -0.39 is 48.4 Å². The van der Waals surface area contributed by atoms with E-state index in [1.54, 1.807) is 12.1 Å². The molecule has 6 N–H and O–H groups in total. The summed E-state index contributed by atoms with van der Waals surface area (Å²) in [5.74, 6) is -3.14. The number of carbonyl (C=O) groups is 4. The highest BCUT2D eigenvalue weighted by molar-refractivity contribution is 5.93. The average molecular weight is 423 g/mol. The van der Waals surface area contributed by atoms with Crippen LogP contribution in [0.2, 0.25) is 0 Å². The molecule has 0 heterocycles. The number of hydrogen-bond acceptors (Lipinski definition) is 6. The largest absolute Gasteiger partial charge is 0.508 e. The fourth-order valence-electron chi connectivity index (χ4n) is 2.73. The van der Waals surface area contributed by atoms with E-state index >= 15 is 0 Å². The summed E-state index contributed by atoms with van der Waals surface area (Å²) in [4.78, 5) is 47.8. The van der Waals surface area contributed by atoms with Crippen LogP contribution in [-0.4, -0.2) is 63.7 Å². The van der Waals surface area contributed by atoms with Crippen molar-refractivity contribution in [3.8, 4) is 5.75 Å². The van der Waals surface area contributed by atoms with Gasteiger partial charge in [0, 0.05) is 13.3 Å². The smallest absolute Gasteiger partial charge is 0.326 e. The van der Waals surface area contributed by atoms with Crippen LogP contribution in [0.3, 0.4) is 0 Å². The average Bonchev–Trinajstić information content (AvgIpc) is 2.69. The Bertz CT molecular complexity index is 736. The van der Waals surface area contributed by atoms with E-state index in [0.29, 0.717) is 12.0 Å². The van der Waals surface area contributed by atoms with Crippen LogP contribution in [0.25, 0.3) is 0 Å². The van der Waals surface area contributed by atoms with E-state index in [2.05, 4.69) is 16.0 Å². The molecule has 10 nitrogen and oxygen atoms in total. The van der Waals surface area contributed by atoms with Gasteiger partial charge >= 0.3 is 5.97 Å². The van der Waals surface area contributed by atoms with E-state index in [1.165, 1.54) is 19.1 Å². The van der Waals surface area contributed by atoms with Crippen molar-refractivity contribution >= 4 is 23.7 Å². The van der Waals surface area contributed by atoms with Gasteiger partial charge in [-0.15, -0.1) is 0 Å². The molecule has 0 spiro atoms. The lowest BCUT2D eigenvalue weighted by molar-refractivity contribution is -0.142. The van der Waals surface area contributed by atoms with Crippen LogP contribution in [0, 0.1) is 0 Å². The molecule has 166 valence electrons. The first-order chi connectivity index (χ1) is 14.2. The maximum atomic E-state index is 12.7. The van der Waals surface area contributed by atoms with Gasteiger partial charge in [0.25, 0.3) is 0 Å². The molecule has 0 radical (unpaired) electrons.